The predicted molar refractivity (Wildman–Crippen MR) is 170 cm³/mol. The van der Waals surface area contributed by atoms with Gasteiger partial charge in [0.1, 0.15) is 0 Å². The van der Waals surface area contributed by atoms with Crippen LogP contribution < -0.4 is 0 Å². The Morgan fingerprint density at radius 1 is 0.351 bits per heavy atom. The summed E-state index contributed by atoms with van der Waals surface area (Å²) in [6.07, 6.45) is 47.0. The number of unbranched alkanes of at least 4 members (excludes halogenated alkanes) is 26. The van der Waals surface area contributed by atoms with Gasteiger partial charge in [-0.05, 0) is 38.5 Å². The van der Waals surface area contributed by atoms with Crippen molar-refractivity contribution in [1.29, 1.82) is 0 Å². The van der Waals surface area contributed by atoms with E-state index in [1.54, 1.807) is 0 Å². The molecule has 0 amide bonds. The number of aliphatic hydroxyl groups is 1. The van der Waals surface area contributed by atoms with Gasteiger partial charge in [0, 0.05) is 0 Å². The average molecular weight is 521 g/mol. The third-order valence-corrected chi connectivity index (χ3v) is 8.19. The van der Waals surface area contributed by atoms with Crippen molar-refractivity contribution < 1.29 is 5.11 Å². The first kappa shape index (κ1) is 36.7. The minimum absolute atomic E-state index is 0.0449. The fraction of sp³-hybridized carbons (Fsp3) is 0.944. The monoisotopic (exact) mass is 521 g/mol. The predicted octanol–water partition coefficient (Wildman–Crippen LogP) is 13.0. The fourth-order valence-corrected chi connectivity index (χ4v) is 5.52. The lowest BCUT2D eigenvalue weighted by Crippen LogP contribution is -2.05. The normalized spacial score (nSPS) is 12.6. The molecule has 0 aromatic carbocycles. The molecular weight excluding hydrogens is 448 g/mol. The summed E-state index contributed by atoms with van der Waals surface area (Å²) in [6, 6.07) is 0. The number of aliphatic hydroxyl groups excluding tert-OH is 1. The molecule has 0 bridgehead atoms. The van der Waals surface area contributed by atoms with Crippen molar-refractivity contribution in [1.82, 2.24) is 0 Å². The Hall–Kier alpha value is -0.300. The molecule has 1 atom stereocenters. The van der Waals surface area contributed by atoms with Gasteiger partial charge in [0.15, 0.2) is 0 Å². The lowest BCUT2D eigenvalue weighted by Gasteiger charge is -2.10. The van der Waals surface area contributed by atoms with Crippen molar-refractivity contribution in [3.63, 3.8) is 0 Å². The van der Waals surface area contributed by atoms with Crippen molar-refractivity contribution >= 4 is 0 Å². The third kappa shape index (κ3) is 33.7. The van der Waals surface area contributed by atoms with Crippen LogP contribution in [0.15, 0.2) is 12.2 Å². The van der Waals surface area contributed by atoms with E-state index >= 15 is 0 Å². The fourth-order valence-electron chi connectivity index (χ4n) is 5.52. The molecule has 37 heavy (non-hydrogen) atoms. The summed E-state index contributed by atoms with van der Waals surface area (Å²) in [5, 5.41) is 10.3. The highest BCUT2D eigenvalue weighted by atomic mass is 16.3. The van der Waals surface area contributed by atoms with Crippen LogP contribution in [-0.2, 0) is 0 Å². The molecule has 0 aromatic heterocycles. The maximum absolute atomic E-state index is 10.3. The van der Waals surface area contributed by atoms with E-state index in [1.165, 1.54) is 186 Å². The highest BCUT2D eigenvalue weighted by Crippen LogP contribution is 2.16. The van der Waals surface area contributed by atoms with E-state index in [9.17, 15) is 5.11 Å². The van der Waals surface area contributed by atoms with Gasteiger partial charge < -0.3 is 5.11 Å². The minimum Gasteiger partial charge on any atom is -0.393 e. The molecule has 222 valence electrons. The van der Waals surface area contributed by atoms with Crippen LogP contribution in [0.5, 0.6) is 0 Å². The van der Waals surface area contributed by atoms with Crippen molar-refractivity contribution in [2.75, 3.05) is 0 Å². The summed E-state index contributed by atoms with van der Waals surface area (Å²) in [7, 11) is 0. The van der Waals surface area contributed by atoms with Crippen molar-refractivity contribution in [3.8, 4) is 0 Å². The minimum atomic E-state index is -0.0449. The first-order valence-electron chi connectivity index (χ1n) is 17.6. The van der Waals surface area contributed by atoms with Crippen molar-refractivity contribution in [3.05, 3.63) is 12.2 Å². The number of rotatable bonds is 32. The van der Waals surface area contributed by atoms with Gasteiger partial charge in [0.05, 0.1) is 6.10 Å². The molecule has 1 N–H and O–H groups in total. The van der Waals surface area contributed by atoms with Crippen LogP contribution in [-0.4, -0.2) is 11.2 Å². The maximum atomic E-state index is 10.3. The summed E-state index contributed by atoms with van der Waals surface area (Å²) in [6.45, 7) is 4.58. The summed E-state index contributed by atoms with van der Waals surface area (Å²) in [5.41, 5.74) is 0. The smallest absolute Gasteiger partial charge is 0.0540 e. The van der Waals surface area contributed by atoms with E-state index in [0.717, 1.165) is 12.8 Å². The first-order valence-corrected chi connectivity index (χ1v) is 17.6. The zero-order valence-corrected chi connectivity index (χ0v) is 26.1. The van der Waals surface area contributed by atoms with E-state index in [-0.39, 0.29) is 6.10 Å². The van der Waals surface area contributed by atoms with Crippen LogP contribution >= 0.6 is 0 Å². The molecule has 0 rings (SSSR count). The second-order valence-electron chi connectivity index (χ2n) is 12.1. The molecule has 0 aliphatic carbocycles. The Kier molecular flexibility index (Phi) is 33.5. The van der Waals surface area contributed by atoms with Crippen LogP contribution in [0.2, 0.25) is 0 Å². The molecule has 0 saturated carbocycles. The lowest BCUT2D eigenvalue weighted by molar-refractivity contribution is 0.147. The van der Waals surface area contributed by atoms with Gasteiger partial charge in [-0.15, -0.1) is 0 Å². The zero-order chi connectivity index (χ0) is 26.9. The molecule has 0 fully saturated rings. The molecule has 0 heterocycles. The van der Waals surface area contributed by atoms with Gasteiger partial charge in [0.2, 0.25) is 0 Å². The van der Waals surface area contributed by atoms with Crippen molar-refractivity contribution in [2.45, 2.75) is 219 Å². The Balaban J connectivity index is 3.18. The standard InChI is InChI=1S/C36H72O/c1-3-5-7-9-11-13-15-17-19-21-23-25-27-29-31-33-35-36(37)34-32-30-28-26-24-22-20-18-16-14-12-10-8-6-4-2/h18,20,36-37H,3-17,19,21-35H2,1-2H3/b20-18-. The second kappa shape index (κ2) is 33.7. The van der Waals surface area contributed by atoms with E-state index in [1.807, 2.05) is 0 Å². The molecule has 0 spiro atoms. The van der Waals surface area contributed by atoms with Crippen LogP contribution in [0.4, 0.5) is 0 Å². The Bertz CT molecular complexity index is 415. The molecule has 0 aromatic rings. The molecule has 0 aliphatic rings. The molecule has 1 unspecified atom stereocenters. The van der Waals surface area contributed by atoms with Gasteiger partial charge in [-0.1, -0.05) is 187 Å². The molecule has 1 heteroatoms. The average Bonchev–Trinajstić information content (AvgIpc) is 2.90. The lowest BCUT2D eigenvalue weighted by atomic mass is 10.0. The molecule has 0 saturated heterocycles. The maximum Gasteiger partial charge on any atom is 0.0540 e. The topological polar surface area (TPSA) is 20.2 Å². The van der Waals surface area contributed by atoms with Crippen molar-refractivity contribution in [2.24, 2.45) is 0 Å². The largest absolute Gasteiger partial charge is 0.393 e. The Morgan fingerprint density at radius 2 is 0.595 bits per heavy atom. The first-order chi connectivity index (χ1) is 18.3. The van der Waals surface area contributed by atoms with E-state index < -0.39 is 0 Å². The molecule has 0 radical (unpaired) electrons. The van der Waals surface area contributed by atoms with E-state index in [0.29, 0.717) is 0 Å². The second-order valence-corrected chi connectivity index (χ2v) is 12.1. The quantitative estimate of drug-likeness (QED) is 0.0690. The SMILES string of the molecule is CCCCCCCC/C=C\CCCCCCCC(O)CCCCCCCCCCCCCCCCCC. The van der Waals surface area contributed by atoms with Crippen LogP contribution in [0.25, 0.3) is 0 Å². The van der Waals surface area contributed by atoms with Gasteiger partial charge in [-0.25, -0.2) is 0 Å². The Morgan fingerprint density at radius 3 is 0.892 bits per heavy atom. The molecule has 0 aliphatic heterocycles. The van der Waals surface area contributed by atoms with Gasteiger partial charge in [0.25, 0.3) is 0 Å². The summed E-state index contributed by atoms with van der Waals surface area (Å²) >= 11 is 0. The highest BCUT2D eigenvalue weighted by Gasteiger charge is 2.03. The molecule has 1 nitrogen and oxygen atoms in total. The molecular formula is C36H72O. The summed E-state index contributed by atoms with van der Waals surface area (Å²) < 4.78 is 0. The summed E-state index contributed by atoms with van der Waals surface area (Å²) in [5.74, 6) is 0. The zero-order valence-electron chi connectivity index (χ0n) is 26.1. The Labute approximate surface area is 236 Å². The summed E-state index contributed by atoms with van der Waals surface area (Å²) in [4.78, 5) is 0. The van der Waals surface area contributed by atoms with Crippen LogP contribution in [0, 0.1) is 0 Å². The number of allylic oxidation sites excluding steroid dienone is 2. The van der Waals surface area contributed by atoms with Gasteiger partial charge >= 0.3 is 0 Å². The van der Waals surface area contributed by atoms with E-state index in [2.05, 4.69) is 26.0 Å². The van der Waals surface area contributed by atoms with Gasteiger partial charge in [-0.3, -0.25) is 0 Å². The van der Waals surface area contributed by atoms with E-state index in [4.69, 9.17) is 0 Å². The van der Waals surface area contributed by atoms with Gasteiger partial charge in [-0.2, -0.15) is 0 Å². The van der Waals surface area contributed by atoms with Crippen LogP contribution in [0.3, 0.4) is 0 Å². The number of hydrogen-bond acceptors (Lipinski definition) is 1. The number of hydrogen-bond donors (Lipinski definition) is 1. The highest BCUT2D eigenvalue weighted by molar-refractivity contribution is 4.81. The third-order valence-electron chi connectivity index (χ3n) is 8.19. The van der Waals surface area contributed by atoms with Crippen LogP contribution in [0.1, 0.15) is 213 Å².